The molecular formula is C26H36N8O. The Morgan fingerprint density at radius 3 is 2.69 bits per heavy atom. The molecule has 1 saturated carbocycles. The monoisotopic (exact) mass is 476 g/mol. The Kier molecular flexibility index (Phi) is 7.65. The van der Waals surface area contributed by atoms with E-state index in [1.54, 1.807) is 0 Å². The van der Waals surface area contributed by atoms with Crippen LogP contribution in [0.4, 0.5) is 17.5 Å². The molecule has 35 heavy (non-hydrogen) atoms. The number of imidazole rings is 1. The van der Waals surface area contributed by atoms with Crippen LogP contribution in [-0.4, -0.2) is 56.5 Å². The summed E-state index contributed by atoms with van der Waals surface area (Å²) in [6.07, 6.45) is 7.60. The first kappa shape index (κ1) is 24.7. The van der Waals surface area contributed by atoms with Gasteiger partial charge in [0.2, 0.25) is 11.9 Å². The van der Waals surface area contributed by atoms with Crippen LogP contribution in [0.1, 0.15) is 51.1 Å². The number of amides is 1. The highest BCUT2D eigenvalue weighted by Gasteiger charge is 2.24. The summed E-state index contributed by atoms with van der Waals surface area (Å²) in [5.74, 6) is 1.08. The summed E-state index contributed by atoms with van der Waals surface area (Å²) >= 11 is 0. The Morgan fingerprint density at radius 2 is 2.00 bits per heavy atom. The molecule has 1 amide bonds. The van der Waals surface area contributed by atoms with Crippen LogP contribution in [0, 0.1) is 0 Å². The third kappa shape index (κ3) is 5.97. The molecule has 1 aliphatic rings. The van der Waals surface area contributed by atoms with Gasteiger partial charge in [-0.15, -0.1) is 0 Å². The largest absolute Gasteiger partial charge is 0.351 e. The van der Waals surface area contributed by atoms with E-state index in [0.717, 1.165) is 48.1 Å². The molecule has 0 saturated heterocycles. The molecule has 0 bridgehead atoms. The number of nitrogens with zero attached hydrogens (tertiary/aromatic N) is 5. The Bertz CT molecular complexity index is 1180. The van der Waals surface area contributed by atoms with Crippen LogP contribution < -0.4 is 16.0 Å². The van der Waals surface area contributed by atoms with Gasteiger partial charge in [0.05, 0.1) is 6.33 Å². The molecule has 2 heterocycles. The first-order valence-corrected chi connectivity index (χ1v) is 12.3. The molecule has 0 atom stereocenters. The molecular weight excluding hydrogens is 440 g/mol. The lowest BCUT2D eigenvalue weighted by Crippen LogP contribution is -2.36. The average Bonchev–Trinajstić information content (AvgIpc) is 3.28. The van der Waals surface area contributed by atoms with Crippen molar-refractivity contribution in [2.24, 2.45) is 0 Å². The molecule has 0 spiro atoms. The number of hydrogen-bond donors (Lipinski definition) is 3. The third-order valence-electron chi connectivity index (χ3n) is 6.58. The maximum absolute atomic E-state index is 11.5. The number of carbonyl (C=O) groups is 1. The van der Waals surface area contributed by atoms with Crippen molar-refractivity contribution in [2.45, 2.75) is 64.2 Å². The van der Waals surface area contributed by atoms with Crippen LogP contribution >= 0.6 is 0 Å². The van der Waals surface area contributed by atoms with Crippen LogP contribution in [0.3, 0.4) is 0 Å². The number of nitrogens with one attached hydrogen (secondary N) is 3. The van der Waals surface area contributed by atoms with Gasteiger partial charge in [0.1, 0.15) is 0 Å². The highest BCUT2D eigenvalue weighted by molar-refractivity contribution is 5.87. The van der Waals surface area contributed by atoms with Crippen molar-refractivity contribution in [3.8, 4) is 0 Å². The summed E-state index contributed by atoms with van der Waals surface area (Å²) in [5, 5.41) is 9.83. The normalized spacial score (nSPS) is 18.1. The topological polar surface area (TPSA) is 100 Å². The van der Waals surface area contributed by atoms with Crippen LogP contribution in [0.25, 0.3) is 11.2 Å². The lowest BCUT2D eigenvalue weighted by Gasteiger charge is -2.33. The molecule has 1 fully saturated rings. The minimum Gasteiger partial charge on any atom is -0.351 e. The van der Waals surface area contributed by atoms with Crippen LogP contribution in [0.15, 0.2) is 43.2 Å². The van der Waals surface area contributed by atoms with Crippen molar-refractivity contribution >= 4 is 34.5 Å². The molecule has 9 nitrogen and oxygen atoms in total. The van der Waals surface area contributed by atoms with E-state index in [1.165, 1.54) is 6.08 Å². The highest BCUT2D eigenvalue weighted by atomic mass is 16.1. The van der Waals surface area contributed by atoms with Crippen molar-refractivity contribution in [3.05, 3.63) is 48.8 Å². The fourth-order valence-corrected chi connectivity index (χ4v) is 4.52. The molecule has 1 aromatic carbocycles. The molecule has 3 aromatic rings. The van der Waals surface area contributed by atoms with E-state index >= 15 is 0 Å². The van der Waals surface area contributed by atoms with Gasteiger partial charge in [-0.25, -0.2) is 4.98 Å². The van der Waals surface area contributed by atoms with Crippen molar-refractivity contribution in [2.75, 3.05) is 24.7 Å². The van der Waals surface area contributed by atoms with Gasteiger partial charge in [-0.1, -0.05) is 18.7 Å². The summed E-state index contributed by atoms with van der Waals surface area (Å²) in [4.78, 5) is 28.2. The maximum Gasteiger partial charge on any atom is 0.243 e. The van der Waals surface area contributed by atoms with E-state index in [4.69, 9.17) is 9.97 Å². The quantitative estimate of drug-likeness (QED) is 0.397. The molecule has 0 aliphatic heterocycles. The molecule has 9 heteroatoms. The fraction of sp³-hybridized carbons (Fsp3) is 0.462. The van der Waals surface area contributed by atoms with E-state index in [-0.39, 0.29) is 11.9 Å². The van der Waals surface area contributed by atoms with Gasteiger partial charge >= 0.3 is 0 Å². The van der Waals surface area contributed by atoms with E-state index in [9.17, 15) is 4.79 Å². The zero-order valence-corrected chi connectivity index (χ0v) is 21.1. The number of rotatable bonds is 9. The van der Waals surface area contributed by atoms with Crippen molar-refractivity contribution < 1.29 is 4.79 Å². The van der Waals surface area contributed by atoms with Gasteiger partial charge in [-0.3, -0.25) is 4.79 Å². The SMILES string of the molecule is C=CC(=O)NCc1cccc(Nc2nc(NC3CCC(N(C)C)CC3)nc3c2ncn3C(C)C)c1. The van der Waals surface area contributed by atoms with Gasteiger partial charge < -0.3 is 25.4 Å². The minimum absolute atomic E-state index is 0.199. The predicted octanol–water partition coefficient (Wildman–Crippen LogP) is 4.24. The van der Waals surface area contributed by atoms with E-state index in [0.29, 0.717) is 30.4 Å². The number of carbonyl (C=O) groups excluding carboxylic acids is 1. The lowest BCUT2D eigenvalue weighted by molar-refractivity contribution is -0.116. The zero-order valence-electron chi connectivity index (χ0n) is 21.1. The first-order chi connectivity index (χ1) is 16.8. The van der Waals surface area contributed by atoms with Crippen molar-refractivity contribution in [1.29, 1.82) is 0 Å². The maximum atomic E-state index is 11.5. The first-order valence-electron chi connectivity index (χ1n) is 12.3. The number of hydrogen-bond acceptors (Lipinski definition) is 7. The average molecular weight is 477 g/mol. The summed E-state index contributed by atoms with van der Waals surface area (Å²) in [5.41, 5.74) is 3.37. The molecule has 0 unspecified atom stereocenters. The standard InChI is InChI=1S/C26H36N8O/c1-6-22(35)27-15-18-8-7-9-20(14-18)29-24-23-25(34(16-28-23)17(2)3)32-26(31-24)30-19-10-12-21(13-11-19)33(4)5/h6-9,14,16-17,19,21H,1,10-13,15H2,2-5H3,(H,27,35)(H2,29,30,31,32). The lowest BCUT2D eigenvalue weighted by atomic mass is 9.91. The Balaban J connectivity index is 1.59. The smallest absolute Gasteiger partial charge is 0.243 e. The van der Waals surface area contributed by atoms with Gasteiger partial charge in [-0.2, -0.15) is 9.97 Å². The molecule has 186 valence electrons. The molecule has 0 radical (unpaired) electrons. The van der Waals surface area contributed by atoms with E-state index < -0.39 is 0 Å². The van der Waals surface area contributed by atoms with Crippen LogP contribution in [0.2, 0.25) is 0 Å². The predicted molar refractivity (Wildman–Crippen MR) is 141 cm³/mol. The van der Waals surface area contributed by atoms with E-state index in [2.05, 4.69) is 64.9 Å². The number of anilines is 3. The third-order valence-corrected chi connectivity index (χ3v) is 6.58. The summed E-state index contributed by atoms with van der Waals surface area (Å²) in [6.45, 7) is 8.15. The van der Waals surface area contributed by atoms with Crippen molar-refractivity contribution in [3.63, 3.8) is 0 Å². The number of benzene rings is 1. The summed E-state index contributed by atoms with van der Waals surface area (Å²) < 4.78 is 2.07. The number of aromatic nitrogens is 4. The Labute approximate surface area is 207 Å². The van der Waals surface area contributed by atoms with Crippen LogP contribution in [-0.2, 0) is 11.3 Å². The summed E-state index contributed by atoms with van der Waals surface area (Å²) in [7, 11) is 4.31. The molecule has 2 aromatic heterocycles. The van der Waals surface area contributed by atoms with Gasteiger partial charge in [0.25, 0.3) is 0 Å². The van der Waals surface area contributed by atoms with Gasteiger partial charge in [0.15, 0.2) is 17.0 Å². The van der Waals surface area contributed by atoms with Crippen molar-refractivity contribution in [1.82, 2.24) is 29.7 Å². The minimum atomic E-state index is -0.199. The summed E-state index contributed by atoms with van der Waals surface area (Å²) in [6, 6.07) is 9.10. The number of fused-ring (bicyclic) bond motifs is 1. The highest BCUT2D eigenvalue weighted by Crippen LogP contribution is 2.28. The second-order valence-corrected chi connectivity index (χ2v) is 9.67. The fourth-order valence-electron chi connectivity index (χ4n) is 4.52. The van der Waals surface area contributed by atoms with Gasteiger partial charge in [-0.05, 0) is 77.4 Å². The molecule has 3 N–H and O–H groups in total. The van der Waals surface area contributed by atoms with Gasteiger partial charge in [0, 0.05) is 30.4 Å². The molecule has 1 aliphatic carbocycles. The second-order valence-electron chi connectivity index (χ2n) is 9.67. The Hall–Kier alpha value is -3.46. The Morgan fingerprint density at radius 1 is 1.23 bits per heavy atom. The van der Waals surface area contributed by atoms with Crippen LogP contribution in [0.5, 0.6) is 0 Å². The molecule has 4 rings (SSSR count). The van der Waals surface area contributed by atoms with E-state index in [1.807, 2.05) is 30.6 Å². The second kappa shape index (κ2) is 10.9. The zero-order chi connectivity index (χ0) is 24.9.